The van der Waals surface area contributed by atoms with Crippen molar-refractivity contribution in [2.75, 3.05) is 78.5 Å². The molecule has 0 amide bonds. The minimum Gasteiger partial charge on any atom is 0 e. The second-order valence-corrected chi connectivity index (χ2v) is 6.68. The number of carboxylic acids is 4. The van der Waals surface area contributed by atoms with Gasteiger partial charge in [0.2, 0.25) is 0 Å². The topological polar surface area (TPSA) is 162 Å². The monoisotopic (exact) mass is 516 g/mol. The maximum absolute atomic E-state index is 11.1. The zero-order chi connectivity index (χ0) is 21.1. The SMILES string of the molecule is O=C(O)CN1CCN(CC(=O)O)CCN(CC(=O)O)CCN(CC(=O)O)CC1.[NaH].[NaH].[Zn]. The third-order valence-electron chi connectivity index (χ3n) is 4.37. The fourth-order valence-electron chi connectivity index (χ4n) is 2.98. The molecule has 4 N–H and O–H groups in total. The minimum atomic E-state index is -1.02. The summed E-state index contributed by atoms with van der Waals surface area (Å²) in [6.45, 7) is 1.52. The molecule has 0 radical (unpaired) electrons. The molecular weight excluding hydrogens is 488 g/mol. The molecule has 166 valence electrons. The molecular formula is C16H30N4Na2O8Zn. The summed E-state index contributed by atoms with van der Waals surface area (Å²) in [4.78, 5) is 50.9. The molecule has 1 rings (SSSR count). The van der Waals surface area contributed by atoms with Crippen LogP contribution < -0.4 is 0 Å². The van der Waals surface area contributed by atoms with Crippen molar-refractivity contribution in [2.45, 2.75) is 0 Å². The third kappa shape index (κ3) is 18.5. The fourth-order valence-corrected chi connectivity index (χ4v) is 2.98. The first-order valence-electron chi connectivity index (χ1n) is 8.92. The van der Waals surface area contributed by atoms with Gasteiger partial charge >= 0.3 is 83.0 Å². The molecule has 0 aromatic heterocycles. The Bertz CT molecular complexity index is 464. The van der Waals surface area contributed by atoms with Crippen LogP contribution in [0.15, 0.2) is 0 Å². The van der Waals surface area contributed by atoms with Crippen LogP contribution in [0.25, 0.3) is 0 Å². The molecule has 1 aliphatic rings. The van der Waals surface area contributed by atoms with Crippen LogP contribution in [-0.4, -0.2) is 202 Å². The maximum Gasteiger partial charge on any atom is 0 e. The van der Waals surface area contributed by atoms with Crippen LogP contribution in [0.2, 0.25) is 0 Å². The van der Waals surface area contributed by atoms with Gasteiger partial charge in [-0.3, -0.25) is 38.8 Å². The molecule has 0 aromatic carbocycles. The summed E-state index contributed by atoms with van der Waals surface area (Å²) < 4.78 is 0. The van der Waals surface area contributed by atoms with E-state index in [1.54, 1.807) is 19.6 Å². The molecule has 0 unspecified atom stereocenters. The number of carboxylic acid groups (broad SMARTS) is 4. The van der Waals surface area contributed by atoms with Crippen molar-refractivity contribution < 1.29 is 59.1 Å². The van der Waals surface area contributed by atoms with Crippen LogP contribution in [0.5, 0.6) is 0 Å². The second-order valence-electron chi connectivity index (χ2n) is 6.68. The van der Waals surface area contributed by atoms with Gasteiger partial charge in [-0.25, -0.2) is 0 Å². The number of carbonyl (C=O) groups is 4. The average Bonchev–Trinajstić information content (AvgIpc) is 2.55. The van der Waals surface area contributed by atoms with Crippen molar-refractivity contribution in [3.8, 4) is 0 Å². The first kappa shape index (κ1) is 35.9. The van der Waals surface area contributed by atoms with Crippen molar-refractivity contribution in [3.05, 3.63) is 0 Å². The molecule has 1 fully saturated rings. The summed E-state index contributed by atoms with van der Waals surface area (Å²) in [5, 5.41) is 36.3. The van der Waals surface area contributed by atoms with E-state index in [2.05, 4.69) is 0 Å². The van der Waals surface area contributed by atoms with Gasteiger partial charge in [0.1, 0.15) is 0 Å². The predicted octanol–water partition coefficient (Wildman–Crippen LogP) is -3.75. The first-order chi connectivity index (χ1) is 13.2. The molecule has 0 saturated carbocycles. The summed E-state index contributed by atoms with van der Waals surface area (Å²) in [6.07, 6.45) is 0. The zero-order valence-corrected chi connectivity index (χ0v) is 19.4. The summed E-state index contributed by atoms with van der Waals surface area (Å²) in [6, 6.07) is 0. The Morgan fingerprint density at radius 1 is 0.452 bits per heavy atom. The van der Waals surface area contributed by atoms with Crippen LogP contribution in [-0.2, 0) is 38.7 Å². The van der Waals surface area contributed by atoms with Crippen LogP contribution >= 0.6 is 0 Å². The van der Waals surface area contributed by atoms with Gasteiger partial charge < -0.3 is 20.4 Å². The number of hydrogen-bond donors (Lipinski definition) is 4. The largest absolute Gasteiger partial charge is 0 e. The van der Waals surface area contributed by atoms with E-state index >= 15 is 0 Å². The molecule has 0 aliphatic carbocycles. The van der Waals surface area contributed by atoms with E-state index in [-0.39, 0.29) is 105 Å². The van der Waals surface area contributed by atoms with E-state index < -0.39 is 23.9 Å². The van der Waals surface area contributed by atoms with Crippen LogP contribution in [0.1, 0.15) is 0 Å². The van der Waals surface area contributed by atoms with Gasteiger partial charge in [-0.05, 0) is 0 Å². The van der Waals surface area contributed by atoms with Gasteiger partial charge in [0.15, 0.2) is 0 Å². The zero-order valence-electron chi connectivity index (χ0n) is 16.4. The maximum atomic E-state index is 11.1. The van der Waals surface area contributed by atoms with Gasteiger partial charge in [0.25, 0.3) is 0 Å². The smallest absolute Gasteiger partial charge is 0 e. The normalized spacial score (nSPS) is 17.5. The van der Waals surface area contributed by atoms with Crippen LogP contribution in [0, 0.1) is 0 Å². The Morgan fingerprint density at radius 2 is 0.581 bits per heavy atom. The molecule has 12 nitrogen and oxygen atoms in total. The number of nitrogens with zero attached hydrogens (tertiary/aromatic N) is 4. The quantitative estimate of drug-likeness (QED) is 0.233. The van der Waals surface area contributed by atoms with Crippen molar-refractivity contribution in [3.63, 3.8) is 0 Å². The Hall–Kier alpha value is 0.343. The van der Waals surface area contributed by atoms with Crippen molar-refractivity contribution >= 4 is 83.0 Å². The third-order valence-corrected chi connectivity index (χ3v) is 4.37. The Kier molecular flexibility index (Phi) is 22.9. The summed E-state index contributed by atoms with van der Waals surface area (Å²) in [5.74, 6) is -4.08. The molecule has 0 bridgehead atoms. The number of aliphatic carboxylic acids is 4. The Labute approximate surface area is 238 Å². The van der Waals surface area contributed by atoms with Crippen LogP contribution in [0.3, 0.4) is 0 Å². The van der Waals surface area contributed by atoms with Crippen molar-refractivity contribution in [1.29, 1.82) is 0 Å². The Morgan fingerprint density at radius 3 is 0.677 bits per heavy atom. The van der Waals surface area contributed by atoms with Gasteiger partial charge in [-0.15, -0.1) is 0 Å². The van der Waals surface area contributed by atoms with Gasteiger partial charge in [-0.1, -0.05) is 0 Å². The van der Waals surface area contributed by atoms with Crippen molar-refractivity contribution in [1.82, 2.24) is 19.6 Å². The fraction of sp³-hybridized carbons (Fsp3) is 0.750. The molecule has 31 heavy (non-hydrogen) atoms. The molecule has 1 heterocycles. The van der Waals surface area contributed by atoms with Gasteiger partial charge in [-0.2, -0.15) is 0 Å². The van der Waals surface area contributed by atoms with Crippen molar-refractivity contribution in [2.24, 2.45) is 0 Å². The molecule has 0 atom stereocenters. The summed E-state index contributed by atoms with van der Waals surface area (Å²) in [7, 11) is 0. The molecule has 0 aromatic rings. The first-order valence-corrected chi connectivity index (χ1v) is 8.92. The minimum absolute atomic E-state index is 0. The van der Waals surface area contributed by atoms with E-state index in [0.29, 0.717) is 52.4 Å². The van der Waals surface area contributed by atoms with Gasteiger partial charge in [0.05, 0.1) is 26.2 Å². The molecule has 1 aliphatic heterocycles. The van der Waals surface area contributed by atoms with E-state index in [1.807, 2.05) is 0 Å². The number of rotatable bonds is 8. The van der Waals surface area contributed by atoms with Gasteiger partial charge in [0, 0.05) is 71.8 Å². The van der Waals surface area contributed by atoms with Crippen LogP contribution in [0.4, 0.5) is 0 Å². The standard InChI is InChI=1S/C16H28N4O8.2Na.Zn.2H/c21-13(22)9-17-1-2-18(10-14(23)24)5-6-20(12-16(27)28)8-7-19(4-3-17)11-15(25)26;;;;;/h1-12H2,(H,21,22)(H,23,24)(H,25,26)(H,27,28);;;;;. The molecule has 1 saturated heterocycles. The van der Waals surface area contributed by atoms with E-state index in [9.17, 15) is 19.2 Å². The van der Waals surface area contributed by atoms with E-state index in [4.69, 9.17) is 20.4 Å². The average molecular weight is 518 g/mol. The predicted molar refractivity (Wildman–Crippen MR) is 111 cm³/mol. The second kappa shape index (κ2) is 19.8. The van der Waals surface area contributed by atoms with E-state index in [1.165, 1.54) is 0 Å². The van der Waals surface area contributed by atoms with E-state index in [0.717, 1.165) is 0 Å². The number of hydrogen-bond acceptors (Lipinski definition) is 8. The molecule has 0 spiro atoms. The Balaban J connectivity index is -0.00000261. The summed E-state index contributed by atoms with van der Waals surface area (Å²) in [5.41, 5.74) is 0. The summed E-state index contributed by atoms with van der Waals surface area (Å²) >= 11 is 0. The molecule has 15 heteroatoms.